The van der Waals surface area contributed by atoms with Crippen LogP contribution in [0.15, 0.2) is 72.8 Å². The first-order valence-corrected chi connectivity index (χ1v) is 10.6. The summed E-state index contributed by atoms with van der Waals surface area (Å²) in [5.74, 6) is -0.513. The maximum atomic E-state index is 13.7. The smallest absolute Gasteiger partial charge is 0.266 e. The highest BCUT2D eigenvalue weighted by Gasteiger charge is 2.60. The van der Waals surface area contributed by atoms with Crippen LogP contribution in [0.5, 0.6) is 5.75 Å². The Bertz CT molecular complexity index is 1190. The molecular weight excluding hydrogens is 404 g/mol. The van der Waals surface area contributed by atoms with Crippen LogP contribution in [-0.2, 0) is 14.4 Å². The summed E-state index contributed by atoms with van der Waals surface area (Å²) in [4.78, 5) is 34.5. The van der Waals surface area contributed by atoms with E-state index in [1.54, 1.807) is 18.2 Å². The van der Waals surface area contributed by atoms with Crippen LogP contribution < -0.4 is 14.7 Å². The zero-order chi connectivity index (χ0) is 22.4. The Morgan fingerprint density at radius 1 is 0.875 bits per heavy atom. The van der Waals surface area contributed by atoms with Crippen LogP contribution in [-0.4, -0.2) is 25.0 Å². The number of para-hydroxylation sites is 1. The molecule has 6 nitrogen and oxygen atoms in total. The van der Waals surface area contributed by atoms with Crippen LogP contribution in [0, 0.1) is 19.8 Å². The van der Waals surface area contributed by atoms with Gasteiger partial charge in [-0.3, -0.25) is 14.4 Å². The van der Waals surface area contributed by atoms with Gasteiger partial charge in [0.15, 0.2) is 6.10 Å². The molecule has 5 rings (SSSR count). The molecule has 0 spiro atoms. The van der Waals surface area contributed by atoms with Crippen molar-refractivity contribution in [3.05, 3.63) is 89.5 Å². The zero-order valence-corrected chi connectivity index (χ0v) is 18.2. The minimum absolute atomic E-state index is 0.248. The molecule has 6 heteroatoms. The molecule has 0 aromatic heterocycles. The molecule has 32 heavy (non-hydrogen) atoms. The Labute approximate surface area is 186 Å². The highest BCUT2D eigenvalue weighted by atomic mass is 16.7. The lowest BCUT2D eigenvalue weighted by molar-refractivity contribution is -0.126. The van der Waals surface area contributed by atoms with E-state index in [1.165, 1.54) is 4.90 Å². The molecule has 0 aliphatic carbocycles. The Kier molecular flexibility index (Phi) is 4.94. The number of hydroxylamine groups is 1. The van der Waals surface area contributed by atoms with Crippen molar-refractivity contribution in [1.29, 1.82) is 0 Å². The van der Waals surface area contributed by atoms with Gasteiger partial charge in [0.2, 0.25) is 5.91 Å². The SMILES string of the molecule is COc1ccc([C@@H]2[C@H]3C(=O)N(c4cccc(C)c4)C(=O)[C@H]3ON2c2ccccc2C)cc1. The Balaban J connectivity index is 1.60. The standard InChI is InChI=1S/C26H24N2O4/c1-16-7-6-9-19(15-16)27-25(29)22-23(18-11-13-20(31-3)14-12-18)28(32-24(22)26(27)30)21-10-5-4-8-17(21)2/h4-15,22-24H,1-3H3/t22-,23-,24+/m1/s1. The van der Waals surface area contributed by atoms with Crippen molar-refractivity contribution in [1.82, 2.24) is 0 Å². The number of imide groups is 1. The van der Waals surface area contributed by atoms with E-state index in [0.29, 0.717) is 5.69 Å². The summed E-state index contributed by atoms with van der Waals surface area (Å²) in [5.41, 5.74) is 4.28. The van der Waals surface area contributed by atoms with E-state index in [1.807, 2.05) is 80.6 Å². The van der Waals surface area contributed by atoms with Crippen LogP contribution in [0.4, 0.5) is 11.4 Å². The summed E-state index contributed by atoms with van der Waals surface area (Å²) in [6.45, 7) is 3.92. The molecule has 162 valence electrons. The third-order valence-corrected chi connectivity index (χ3v) is 6.19. The maximum absolute atomic E-state index is 13.7. The number of hydrogen-bond donors (Lipinski definition) is 0. The highest BCUT2D eigenvalue weighted by molar-refractivity contribution is 6.24. The van der Waals surface area contributed by atoms with E-state index in [4.69, 9.17) is 9.57 Å². The predicted octanol–water partition coefficient (Wildman–Crippen LogP) is 4.36. The molecule has 2 aliphatic heterocycles. The lowest BCUT2D eigenvalue weighted by Crippen LogP contribution is -2.37. The van der Waals surface area contributed by atoms with Gasteiger partial charge in [0.05, 0.1) is 24.5 Å². The second-order valence-electron chi connectivity index (χ2n) is 8.23. The van der Waals surface area contributed by atoms with Crippen molar-refractivity contribution in [3.8, 4) is 5.75 Å². The molecule has 0 bridgehead atoms. The van der Waals surface area contributed by atoms with Gasteiger partial charge in [-0.15, -0.1) is 0 Å². The summed E-state index contributed by atoms with van der Waals surface area (Å²) < 4.78 is 5.30. The Hall–Kier alpha value is -3.64. The van der Waals surface area contributed by atoms with Crippen molar-refractivity contribution in [2.24, 2.45) is 5.92 Å². The van der Waals surface area contributed by atoms with Gasteiger partial charge < -0.3 is 4.74 Å². The molecule has 2 saturated heterocycles. The Morgan fingerprint density at radius 2 is 1.62 bits per heavy atom. The largest absolute Gasteiger partial charge is 0.497 e. The molecule has 2 amide bonds. The third-order valence-electron chi connectivity index (χ3n) is 6.19. The second-order valence-corrected chi connectivity index (χ2v) is 8.23. The van der Waals surface area contributed by atoms with E-state index in [-0.39, 0.29) is 11.8 Å². The molecule has 3 aromatic carbocycles. The summed E-state index contributed by atoms with van der Waals surface area (Å²) >= 11 is 0. The Morgan fingerprint density at radius 3 is 2.31 bits per heavy atom. The van der Waals surface area contributed by atoms with Crippen molar-refractivity contribution in [3.63, 3.8) is 0 Å². The van der Waals surface area contributed by atoms with Crippen molar-refractivity contribution in [2.75, 3.05) is 17.1 Å². The van der Waals surface area contributed by atoms with E-state index >= 15 is 0 Å². The first-order chi connectivity index (χ1) is 15.5. The number of carbonyl (C=O) groups excluding carboxylic acids is 2. The van der Waals surface area contributed by atoms with Gasteiger partial charge in [-0.05, 0) is 60.9 Å². The topological polar surface area (TPSA) is 59.1 Å². The lowest BCUT2D eigenvalue weighted by atomic mass is 9.90. The van der Waals surface area contributed by atoms with Gasteiger partial charge in [0.1, 0.15) is 11.7 Å². The minimum Gasteiger partial charge on any atom is -0.497 e. The lowest BCUT2D eigenvalue weighted by Gasteiger charge is -2.30. The molecule has 0 N–H and O–H groups in total. The normalized spacial score (nSPS) is 22.4. The van der Waals surface area contributed by atoms with Crippen molar-refractivity contribution in [2.45, 2.75) is 26.0 Å². The number of aryl methyl sites for hydroxylation is 2. The van der Waals surface area contributed by atoms with Crippen LogP contribution >= 0.6 is 0 Å². The van der Waals surface area contributed by atoms with Crippen LogP contribution in [0.3, 0.4) is 0 Å². The number of anilines is 2. The fourth-order valence-corrected chi connectivity index (χ4v) is 4.60. The summed E-state index contributed by atoms with van der Waals surface area (Å²) in [6, 6.07) is 22.3. The third kappa shape index (κ3) is 3.15. The number of benzene rings is 3. The quantitative estimate of drug-likeness (QED) is 0.578. The summed E-state index contributed by atoms with van der Waals surface area (Å²) in [6.07, 6.45) is -0.880. The van der Waals surface area contributed by atoms with Crippen molar-refractivity contribution < 1.29 is 19.2 Å². The van der Waals surface area contributed by atoms with Crippen LogP contribution in [0.2, 0.25) is 0 Å². The average Bonchev–Trinajstić information content (AvgIpc) is 3.30. The first kappa shape index (κ1) is 20.3. The molecule has 2 fully saturated rings. The number of amides is 2. The molecule has 3 aromatic rings. The number of hydrogen-bond acceptors (Lipinski definition) is 5. The number of ether oxygens (including phenoxy) is 1. The van der Waals surface area contributed by atoms with Gasteiger partial charge in [0.25, 0.3) is 5.91 Å². The number of rotatable bonds is 4. The number of methoxy groups -OCH3 is 1. The number of fused-ring (bicyclic) bond motifs is 1. The van der Waals surface area contributed by atoms with Crippen molar-refractivity contribution >= 4 is 23.2 Å². The monoisotopic (exact) mass is 428 g/mol. The zero-order valence-electron chi connectivity index (χ0n) is 18.2. The van der Waals surface area contributed by atoms with Gasteiger partial charge >= 0.3 is 0 Å². The van der Waals surface area contributed by atoms with Crippen LogP contribution in [0.1, 0.15) is 22.7 Å². The molecule has 0 radical (unpaired) electrons. The molecule has 0 unspecified atom stereocenters. The molecule has 0 saturated carbocycles. The summed E-state index contributed by atoms with van der Waals surface area (Å²) in [5, 5.41) is 1.73. The van der Waals surface area contributed by atoms with Gasteiger partial charge in [-0.2, -0.15) is 0 Å². The minimum atomic E-state index is -0.880. The predicted molar refractivity (Wildman–Crippen MR) is 121 cm³/mol. The molecule has 2 aliphatic rings. The van der Waals surface area contributed by atoms with E-state index < -0.39 is 18.1 Å². The number of carbonyl (C=O) groups is 2. The van der Waals surface area contributed by atoms with E-state index in [9.17, 15) is 9.59 Å². The van der Waals surface area contributed by atoms with Crippen LogP contribution in [0.25, 0.3) is 0 Å². The summed E-state index contributed by atoms with van der Waals surface area (Å²) in [7, 11) is 1.61. The number of nitrogens with zero attached hydrogens (tertiary/aromatic N) is 2. The van der Waals surface area contributed by atoms with Gasteiger partial charge in [-0.1, -0.05) is 42.5 Å². The molecular formula is C26H24N2O4. The maximum Gasteiger partial charge on any atom is 0.266 e. The fourth-order valence-electron chi connectivity index (χ4n) is 4.60. The van der Waals surface area contributed by atoms with E-state index in [0.717, 1.165) is 28.1 Å². The van der Waals surface area contributed by atoms with Gasteiger partial charge in [0, 0.05) is 0 Å². The average molecular weight is 428 g/mol. The molecule has 2 heterocycles. The first-order valence-electron chi connectivity index (χ1n) is 10.6. The van der Waals surface area contributed by atoms with Gasteiger partial charge in [-0.25, -0.2) is 9.96 Å². The van der Waals surface area contributed by atoms with E-state index in [2.05, 4.69) is 0 Å². The second kappa shape index (κ2) is 7.80. The molecule has 3 atom stereocenters. The fraction of sp³-hybridized carbons (Fsp3) is 0.231. The highest BCUT2D eigenvalue weighted by Crippen LogP contribution is 2.48.